The topological polar surface area (TPSA) is 131 Å². The molecule has 176 valence electrons. The van der Waals surface area contributed by atoms with Crippen molar-refractivity contribution in [2.45, 2.75) is 12.8 Å². The highest BCUT2D eigenvalue weighted by molar-refractivity contribution is 5.78. The number of aromatic nitrogens is 2. The summed E-state index contributed by atoms with van der Waals surface area (Å²) in [5.74, 6) is -0.794. The SMILES string of the molecule is CN(c1cccnc1)c1ccc([N+](=O)[O-])c(Nc2ccc(N3CCCC(C(N)=O)C3)c(F)c2)n1. The molecule has 10 nitrogen and oxygen atoms in total. The van der Waals surface area contributed by atoms with Gasteiger partial charge in [0.1, 0.15) is 11.6 Å². The molecule has 2 aromatic heterocycles. The van der Waals surface area contributed by atoms with Gasteiger partial charge >= 0.3 is 5.69 Å². The molecule has 1 fully saturated rings. The van der Waals surface area contributed by atoms with E-state index in [0.29, 0.717) is 36.7 Å². The molecule has 3 aromatic rings. The summed E-state index contributed by atoms with van der Waals surface area (Å²) in [5, 5.41) is 14.4. The molecule has 1 unspecified atom stereocenters. The molecule has 0 bridgehead atoms. The van der Waals surface area contributed by atoms with Gasteiger partial charge in [0.05, 0.1) is 28.4 Å². The Morgan fingerprint density at radius 3 is 2.82 bits per heavy atom. The van der Waals surface area contributed by atoms with Crippen LogP contribution in [0.5, 0.6) is 0 Å². The number of nitro groups is 1. The van der Waals surface area contributed by atoms with Crippen LogP contribution in [0.4, 0.5) is 38.8 Å². The van der Waals surface area contributed by atoms with Crippen molar-refractivity contribution in [3.63, 3.8) is 0 Å². The summed E-state index contributed by atoms with van der Waals surface area (Å²) in [6.45, 7) is 0.970. The van der Waals surface area contributed by atoms with Crippen LogP contribution in [0.3, 0.4) is 0 Å². The monoisotopic (exact) mass is 465 g/mol. The van der Waals surface area contributed by atoms with Crippen molar-refractivity contribution < 1.29 is 14.1 Å². The second-order valence-corrected chi connectivity index (χ2v) is 8.04. The van der Waals surface area contributed by atoms with Crippen LogP contribution >= 0.6 is 0 Å². The number of halogens is 1. The number of piperidine rings is 1. The lowest BCUT2D eigenvalue weighted by molar-refractivity contribution is -0.384. The third-order valence-corrected chi connectivity index (χ3v) is 5.81. The largest absolute Gasteiger partial charge is 0.369 e. The summed E-state index contributed by atoms with van der Waals surface area (Å²) in [6, 6.07) is 10.9. The number of anilines is 5. The fourth-order valence-electron chi connectivity index (χ4n) is 3.96. The Labute approximate surface area is 195 Å². The van der Waals surface area contributed by atoms with Gasteiger partial charge < -0.3 is 20.9 Å². The number of nitrogens with zero attached hydrogens (tertiary/aromatic N) is 5. The number of benzene rings is 1. The van der Waals surface area contributed by atoms with Gasteiger partial charge in [-0.2, -0.15) is 0 Å². The fraction of sp³-hybridized carbons (Fsp3) is 0.261. The van der Waals surface area contributed by atoms with Gasteiger partial charge in [0.2, 0.25) is 11.7 Å². The first kappa shape index (κ1) is 22.9. The average Bonchev–Trinajstić information content (AvgIpc) is 2.84. The van der Waals surface area contributed by atoms with Crippen LogP contribution in [0, 0.1) is 21.8 Å². The minimum Gasteiger partial charge on any atom is -0.369 e. The van der Waals surface area contributed by atoms with Gasteiger partial charge in [0.25, 0.3) is 0 Å². The number of rotatable bonds is 7. The van der Waals surface area contributed by atoms with Crippen LogP contribution in [0.15, 0.2) is 54.9 Å². The maximum atomic E-state index is 15.0. The maximum absolute atomic E-state index is 15.0. The summed E-state index contributed by atoms with van der Waals surface area (Å²) in [5.41, 5.74) is 6.59. The normalized spacial score (nSPS) is 15.6. The van der Waals surface area contributed by atoms with E-state index in [2.05, 4.69) is 15.3 Å². The molecule has 1 saturated heterocycles. The molecule has 0 spiro atoms. The van der Waals surface area contributed by atoms with Crippen molar-refractivity contribution in [3.8, 4) is 0 Å². The van der Waals surface area contributed by atoms with Gasteiger partial charge in [-0.3, -0.25) is 19.9 Å². The molecule has 0 saturated carbocycles. The lowest BCUT2D eigenvalue weighted by atomic mass is 9.97. The molecule has 3 heterocycles. The summed E-state index contributed by atoms with van der Waals surface area (Å²) < 4.78 is 15.0. The van der Waals surface area contributed by atoms with Crippen LogP contribution in [0.1, 0.15) is 12.8 Å². The van der Waals surface area contributed by atoms with E-state index in [-0.39, 0.29) is 17.4 Å². The molecule has 34 heavy (non-hydrogen) atoms. The highest BCUT2D eigenvalue weighted by atomic mass is 19.1. The second-order valence-electron chi connectivity index (χ2n) is 8.04. The van der Waals surface area contributed by atoms with E-state index in [0.717, 1.165) is 12.1 Å². The molecule has 1 amide bonds. The van der Waals surface area contributed by atoms with Crippen LogP contribution in [-0.2, 0) is 4.79 Å². The Balaban J connectivity index is 1.59. The number of nitrogens with one attached hydrogen (secondary N) is 1. The lowest BCUT2D eigenvalue weighted by Crippen LogP contribution is -2.41. The minimum absolute atomic E-state index is 0.0165. The number of amides is 1. The molecular formula is C23H24FN7O3. The molecule has 0 aliphatic carbocycles. The second kappa shape index (κ2) is 9.69. The molecular weight excluding hydrogens is 441 g/mol. The zero-order valence-corrected chi connectivity index (χ0v) is 18.5. The molecule has 11 heteroatoms. The van der Waals surface area contributed by atoms with E-state index in [1.165, 1.54) is 18.2 Å². The van der Waals surface area contributed by atoms with Crippen molar-refractivity contribution in [1.29, 1.82) is 0 Å². The van der Waals surface area contributed by atoms with E-state index in [1.54, 1.807) is 47.4 Å². The standard InChI is InChI=1S/C23H24FN7O3/c1-29(17-5-2-10-26-13-17)21-9-8-20(31(33)34)23(28-21)27-16-6-7-19(18(24)12-16)30-11-3-4-15(14-30)22(25)32/h2,5-10,12-13,15H,3-4,11,14H2,1H3,(H2,25,32)(H,27,28). The van der Waals surface area contributed by atoms with Crippen LogP contribution < -0.4 is 20.9 Å². The van der Waals surface area contributed by atoms with Gasteiger partial charge in [-0.15, -0.1) is 0 Å². The molecule has 1 aliphatic rings. The fourth-order valence-corrected chi connectivity index (χ4v) is 3.96. The van der Waals surface area contributed by atoms with Crippen LogP contribution in [0.25, 0.3) is 0 Å². The predicted molar refractivity (Wildman–Crippen MR) is 127 cm³/mol. The summed E-state index contributed by atoms with van der Waals surface area (Å²) in [6.07, 6.45) is 4.71. The molecule has 0 radical (unpaired) electrons. The zero-order valence-electron chi connectivity index (χ0n) is 18.5. The minimum atomic E-state index is -0.550. The van der Waals surface area contributed by atoms with Crippen molar-refractivity contribution >= 4 is 40.3 Å². The number of carbonyl (C=O) groups excluding carboxylic acids is 1. The third kappa shape index (κ3) is 4.87. The van der Waals surface area contributed by atoms with Crippen molar-refractivity contribution in [3.05, 3.63) is 70.8 Å². The van der Waals surface area contributed by atoms with Gasteiger partial charge in [-0.1, -0.05) is 0 Å². The Morgan fingerprint density at radius 2 is 2.15 bits per heavy atom. The molecule has 1 aromatic carbocycles. The highest BCUT2D eigenvalue weighted by Crippen LogP contribution is 2.32. The smallest absolute Gasteiger partial charge is 0.311 e. The Kier molecular flexibility index (Phi) is 6.53. The third-order valence-electron chi connectivity index (χ3n) is 5.81. The van der Waals surface area contributed by atoms with Crippen molar-refractivity contribution in [2.75, 3.05) is 35.3 Å². The zero-order chi connectivity index (χ0) is 24.2. The Morgan fingerprint density at radius 1 is 1.32 bits per heavy atom. The van der Waals surface area contributed by atoms with E-state index in [4.69, 9.17) is 5.73 Å². The first-order valence-corrected chi connectivity index (χ1v) is 10.7. The number of hydrogen-bond acceptors (Lipinski definition) is 8. The molecule has 1 aliphatic heterocycles. The summed E-state index contributed by atoms with van der Waals surface area (Å²) >= 11 is 0. The molecule has 1 atom stereocenters. The van der Waals surface area contributed by atoms with Gasteiger partial charge in [0.15, 0.2) is 0 Å². The Hall–Kier alpha value is -4.28. The number of hydrogen-bond donors (Lipinski definition) is 2. The van der Waals surface area contributed by atoms with E-state index in [9.17, 15) is 19.3 Å². The average molecular weight is 465 g/mol. The van der Waals surface area contributed by atoms with Crippen LogP contribution in [0.2, 0.25) is 0 Å². The maximum Gasteiger partial charge on any atom is 0.311 e. The van der Waals surface area contributed by atoms with Gasteiger partial charge in [-0.25, -0.2) is 9.37 Å². The Bertz CT molecular complexity index is 1210. The summed E-state index contributed by atoms with van der Waals surface area (Å²) in [4.78, 5) is 34.6. The van der Waals surface area contributed by atoms with E-state index < -0.39 is 16.6 Å². The van der Waals surface area contributed by atoms with Crippen LogP contribution in [-0.4, -0.2) is 40.9 Å². The first-order valence-electron chi connectivity index (χ1n) is 10.7. The quantitative estimate of drug-likeness (QED) is 0.399. The number of nitrogens with two attached hydrogens (primary N) is 1. The van der Waals surface area contributed by atoms with E-state index in [1.807, 2.05) is 6.07 Å². The summed E-state index contributed by atoms with van der Waals surface area (Å²) in [7, 11) is 1.77. The molecule has 4 rings (SSSR count). The highest BCUT2D eigenvalue weighted by Gasteiger charge is 2.26. The van der Waals surface area contributed by atoms with Gasteiger partial charge in [0, 0.05) is 38.1 Å². The number of carbonyl (C=O) groups is 1. The van der Waals surface area contributed by atoms with Gasteiger partial charge in [-0.05, 0) is 49.2 Å². The number of pyridine rings is 2. The van der Waals surface area contributed by atoms with Crippen molar-refractivity contribution in [1.82, 2.24) is 9.97 Å². The number of primary amides is 1. The first-order chi connectivity index (χ1) is 16.3. The predicted octanol–water partition coefficient (Wildman–Crippen LogP) is 3.74. The van der Waals surface area contributed by atoms with Crippen molar-refractivity contribution in [2.24, 2.45) is 11.7 Å². The molecule has 3 N–H and O–H groups in total. The lowest BCUT2D eigenvalue weighted by Gasteiger charge is -2.33. The van der Waals surface area contributed by atoms with E-state index >= 15 is 0 Å².